The molecule has 0 saturated carbocycles. The number of halogens is 1. The second kappa shape index (κ2) is 7.18. The van der Waals surface area contributed by atoms with E-state index in [9.17, 15) is 9.59 Å². The van der Waals surface area contributed by atoms with Crippen molar-refractivity contribution in [3.05, 3.63) is 65.1 Å². The van der Waals surface area contributed by atoms with Crippen LogP contribution in [0.2, 0.25) is 5.02 Å². The number of hydrogen-bond donors (Lipinski definition) is 2. The quantitative estimate of drug-likeness (QED) is 0.701. The number of rotatable bonds is 6. The highest BCUT2D eigenvalue weighted by atomic mass is 35.5. The molecular weight excluding hydrogens is 346 g/mol. The summed E-state index contributed by atoms with van der Waals surface area (Å²) in [6.07, 6.45) is 3.16. The van der Waals surface area contributed by atoms with Crippen molar-refractivity contribution in [2.75, 3.05) is 5.32 Å². The molecule has 3 rings (SSSR count). The summed E-state index contributed by atoms with van der Waals surface area (Å²) < 4.78 is 2.91. The van der Waals surface area contributed by atoms with Gasteiger partial charge in [0.25, 0.3) is 0 Å². The molecule has 0 atom stereocenters. The molecule has 2 heterocycles. The number of anilines is 1. The number of amides is 1. The molecule has 9 heteroatoms. The van der Waals surface area contributed by atoms with Gasteiger partial charge in [0.1, 0.15) is 6.54 Å². The zero-order valence-corrected chi connectivity index (χ0v) is 13.7. The van der Waals surface area contributed by atoms with Gasteiger partial charge in [-0.1, -0.05) is 29.8 Å². The number of nitrogens with zero attached hydrogens (tertiary/aromatic N) is 4. The van der Waals surface area contributed by atoms with E-state index in [0.717, 1.165) is 5.56 Å². The minimum Gasteiger partial charge on any atom is -0.476 e. The van der Waals surface area contributed by atoms with E-state index in [4.69, 9.17) is 16.7 Å². The Morgan fingerprint density at radius 2 is 1.84 bits per heavy atom. The van der Waals surface area contributed by atoms with E-state index < -0.39 is 5.97 Å². The fourth-order valence-electron chi connectivity index (χ4n) is 2.21. The normalized spacial score (nSPS) is 10.6. The molecule has 2 N–H and O–H groups in total. The third-order valence-corrected chi connectivity index (χ3v) is 3.73. The molecule has 1 aromatic carbocycles. The molecule has 0 unspecified atom stereocenters. The molecule has 0 radical (unpaired) electrons. The van der Waals surface area contributed by atoms with Gasteiger partial charge in [0.2, 0.25) is 5.91 Å². The van der Waals surface area contributed by atoms with Gasteiger partial charge < -0.3 is 10.4 Å². The van der Waals surface area contributed by atoms with Crippen LogP contribution in [0.1, 0.15) is 16.1 Å². The number of carbonyl (C=O) groups is 2. The fraction of sp³-hybridized carbons (Fsp3) is 0.125. The average Bonchev–Trinajstić information content (AvgIpc) is 3.19. The van der Waals surface area contributed by atoms with Crippen LogP contribution in [0.4, 0.5) is 5.82 Å². The van der Waals surface area contributed by atoms with Gasteiger partial charge in [0.15, 0.2) is 11.5 Å². The summed E-state index contributed by atoms with van der Waals surface area (Å²) in [5, 5.41) is 20.1. The van der Waals surface area contributed by atoms with Crippen LogP contribution >= 0.6 is 11.6 Å². The van der Waals surface area contributed by atoms with E-state index in [1.165, 1.54) is 16.9 Å². The Morgan fingerprint density at radius 1 is 1.08 bits per heavy atom. The lowest BCUT2D eigenvalue weighted by Gasteiger charge is -2.05. The predicted molar refractivity (Wildman–Crippen MR) is 90.6 cm³/mol. The highest BCUT2D eigenvalue weighted by molar-refractivity contribution is 6.31. The number of carbonyl (C=O) groups excluding carboxylic acids is 1. The highest BCUT2D eigenvalue weighted by Crippen LogP contribution is 2.16. The SMILES string of the molecule is O=C(Cn1ccc(C(=O)O)n1)Nc1ccn(Cc2ccccc2Cl)n1. The number of aromatic nitrogens is 4. The first kappa shape index (κ1) is 16.7. The van der Waals surface area contributed by atoms with Crippen molar-refractivity contribution in [1.29, 1.82) is 0 Å². The van der Waals surface area contributed by atoms with Crippen molar-refractivity contribution < 1.29 is 14.7 Å². The lowest BCUT2D eigenvalue weighted by molar-refractivity contribution is -0.116. The number of carboxylic acid groups (broad SMARTS) is 1. The Labute approximate surface area is 147 Å². The first-order chi connectivity index (χ1) is 12.0. The third-order valence-electron chi connectivity index (χ3n) is 3.36. The summed E-state index contributed by atoms with van der Waals surface area (Å²) in [6, 6.07) is 10.4. The molecule has 0 fully saturated rings. The zero-order valence-electron chi connectivity index (χ0n) is 13.0. The summed E-state index contributed by atoms with van der Waals surface area (Å²) in [6.45, 7) is 0.376. The molecule has 128 valence electrons. The van der Waals surface area contributed by atoms with Gasteiger partial charge in [-0.3, -0.25) is 14.2 Å². The van der Waals surface area contributed by atoms with Crippen LogP contribution in [0, 0.1) is 0 Å². The molecule has 1 amide bonds. The molecule has 25 heavy (non-hydrogen) atoms. The van der Waals surface area contributed by atoms with Crippen molar-refractivity contribution in [2.24, 2.45) is 0 Å². The molecule has 0 spiro atoms. The summed E-state index contributed by atoms with van der Waals surface area (Å²) >= 11 is 6.12. The second-order valence-electron chi connectivity index (χ2n) is 5.24. The standard InChI is InChI=1S/C16H14ClN5O3/c17-12-4-2-1-3-11(12)9-21-8-6-14(20-21)18-15(23)10-22-7-5-13(19-22)16(24)25/h1-8H,9-10H2,(H,24,25)(H,18,20,23). The van der Waals surface area contributed by atoms with Gasteiger partial charge in [-0.05, 0) is 17.7 Å². The molecular formula is C16H14ClN5O3. The fourth-order valence-corrected chi connectivity index (χ4v) is 2.41. The number of aromatic carboxylic acids is 1. The molecule has 0 saturated heterocycles. The summed E-state index contributed by atoms with van der Waals surface area (Å²) in [5.41, 5.74) is 0.805. The number of nitrogens with one attached hydrogen (secondary N) is 1. The molecule has 0 aliphatic carbocycles. The summed E-state index contributed by atoms with van der Waals surface area (Å²) in [5.74, 6) is -1.11. The van der Waals surface area contributed by atoms with Crippen LogP contribution in [0.25, 0.3) is 0 Å². The summed E-state index contributed by atoms with van der Waals surface area (Å²) in [7, 11) is 0. The van der Waals surface area contributed by atoms with Crippen molar-refractivity contribution in [3.63, 3.8) is 0 Å². The highest BCUT2D eigenvalue weighted by Gasteiger charge is 2.10. The molecule has 3 aromatic rings. The van der Waals surface area contributed by atoms with Crippen LogP contribution in [0.5, 0.6) is 0 Å². The van der Waals surface area contributed by atoms with Crippen LogP contribution in [-0.2, 0) is 17.9 Å². The maximum atomic E-state index is 12.0. The van der Waals surface area contributed by atoms with E-state index in [1.54, 1.807) is 23.0 Å². The topological polar surface area (TPSA) is 102 Å². The maximum Gasteiger partial charge on any atom is 0.356 e. The number of hydrogen-bond acceptors (Lipinski definition) is 4. The molecule has 0 bridgehead atoms. The largest absolute Gasteiger partial charge is 0.476 e. The Morgan fingerprint density at radius 3 is 2.56 bits per heavy atom. The molecule has 2 aromatic heterocycles. The lowest BCUT2D eigenvalue weighted by atomic mass is 10.2. The molecule has 8 nitrogen and oxygen atoms in total. The van der Waals surface area contributed by atoms with Crippen LogP contribution < -0.4 is 5.32 Å². The van der Waals surface area contributed by atoms with Crippen LogP contribution in [-0.4, -0.2) is 36.5 Å². The van der Waals surface area contributed by atoms with Crippen molar-refractivity contribution in [3.8, 4) is 0 Å². The van der Waals surface area contributed by atoms with Gasteiger partial charge in [-0.25, -0.2) is 4.79 Å². The molecule has 0 aliphatic heterocycles. The van der Waals surface area contributed by atoms with Crippen molar-refractivity contribution in [1.82, 2.24) is 19.6 Å². The second-order valence-corrected chi connectivity index (χ2v) is 5.65. The van der Waals surface area contributed by atoms with Crippen LogP contribution in [0.3, 0.4) is 0 Å². The smallest absolute Gasteiger partial charge is 0.356 e. The first-order valence-corrected chi connectivity index (χ1v) is 7.72. The minimum absolute atomic E-state index is 0.106. The Bertz CT molecular complexity index is 918. The van der Waals surface area contributed by atoms with Crippen molar-refractivity contribution >= 4 is 29.3 Å². The average molecular weight is 360 g/mol. The van der Waals surface area contributed by atoms with Gasteiger partial charge >= 0.3 is 5.97 Å². The summed E-state index contributed by atoms with van der Waals surface area (Å²) in [4.78, 5) is 22.8. The van der Waals surface area contributed by atoms with E-state index in [0.29, 0.717) is 17.4 Å². The first-order valence-electron chi connectivity index (χ1n) is 7.35. The predicted octanol–water partition coefficient (Wildman–Crippen LogP) is 2.12. The van der Waals surface area contributed by atoms with E-state index >= 15 is 0 Å². The Balaban J connectivity index is 1.59. The minimum atomic E-state index is -1.14. The van der Waals surface area contributed by atoms with Gasteiger partial charge in [-0.15, -0.1) is 0 Å². The van der Waals surface area contributed by atoms with E-state index in [1.807, 2.05) is 18.2 Å². The number of benzene rings is 1. The van der Waals surface area contributed by atoms with Gasteiger partial charge in [-0.2, -0.15) is 10.2 Å². The van der Waals surface area contributed by atoms with Crippen molar-refractivity contribution in [2.45, 2.75) is 13.1 Å². The Hall–Kier alpha value is -3.13. The van der Waals surface area contributed by atoms with E-state index in [2.05, 4.69) is 15.5 Å². The monoisotopic (exact) mass is 359 g/mol. The Kier molecular flexibility index (Phi) is 4.80. The lowest BCUT2D eigenvalue weighted by Crippen LogP contribution is -2.20. The number of carboxylic acids is 1. The van der Waals surface area contributed by atoms with E-state index in [-0.39, 0.29) is 18.1 Å². The molecule has 0 aliphatic rings. The maximum absolute atomic E-state index is 12.0. The van der Waals surface area contributed by atoms with Gasteiger partial charge in [0, 0.05) is 23.5 Å². The van der Waals surface area contributed by atoms with Crippen LogP contribution in [0.15, 0.2) is 48.8 Å². The van der Waals surface area contributed by atoms with Gasteiger partial charge in [0.05, 0.1) is 6.54 Å². The zero-order chi connectivity index (χ0) is 17.8. The third kappa shape index (κ3) is 4.24.